The molecular weight excluding hydrogens is 295 g/mol. The van der Waals surface area contributed by atoms with Crippen LogP contribution in [0.1, 0.15) is 32.1 Å². The lowest BCUT2D eigenvalue weighted by atomic mass is 9.78. The van der Waals surface area contributed by atoms with Crippen molar-refractivity contribution in [1.82, 2.24) is 5.32 Å². The third-order valence-electron chi connectivity index (χ3n) is 3.52. The van der Waals surface area contributed by atoms with Gasteiger partial charge < -0.3 is 15.5 Å². The molecule has 0 aliphatic heterocycles. The Kier molecular flexibility index (Phi) is 5.56. The normalized spacial score (nSPS) is 24.1. The van der Waals surface area contributed by atoms with Crippen molar-refractivity contribution >= 4 is 17.8 Å². The largest absolute Gasteiger partial charge is 0.481 e. The summed E-state index contributed by atoms with van der Waals surface area (Å²) in [5, 5.41) is 19.2. The van der Waals surface area contributed by atoms with E-state index in [1.54, 1.807) is 0 Å². The maximum atomic E-state index is 12.9. The van der Waals surface area contributed by atoms with Gasteiger partial charge >= 0.3 is 18.1 Å². The summed E-state index contributed by atoms with van der Waals surface area (Å²) in [6, 6.07) is -1.73. The summed E-state index contributed by atoms with van der Waals surface area (Å²) in [4.78, 5) is 33.2. The molecule has 9 heteroatoms. The Labute approximate surface area is 118 Å². The van der Waals surface area contributed by atoms with Crippen LogP contribution < -0.4 is 5.32 Å². The molecule has 120 valence electrons. The lowest BCUT2D eigenvalue weighted by molar-refractivity contribution is -0.198. The number of aliphatic carboxylic acids is 2. The van der Waals surface area contributed by atoms with E-state index < -0.39 is 48.3 Å². The van der Waals surface area contributed by atoms with Gasteiger partial charge in [-0.3, -0.25) is 9.59 Å². The number of alkyl halides is 3. The van der Waals surface area contributed by atoms with Crippen molar-refractivity contribution < 1.29 is 37.8 Å². The predicted octanol–water partition coefficient (Wildman–Crippen LogP) is 1.40. The Hall–Kier alpha value is -1.80. The summed E-state index contributed by atoms with van der Waals surface area (Å²) >= 11 is 0. The molecular formula is C12H16F3NO5. The quantitative estimate of drug-likeness (QED) is 0.712. The molecule has 1 fully saturated rings. The summed E-state index contributed by atoms with van der Waals surface area (Å²) < 4.78 is 38.6. The molecule has 21 heavy (non-hydrogen) atoms. The van der Waals surface area contributed by atoms with Gasteiger partial charge in [-0.2, -0.15) is 13.2 Å². The lowest BCUT2D eigenvalue weighted by Crippen LogP contribution is -2.49. The van der Waals surface area contributed by atoms with E-state index in [0.717, 1.165) is 0 Å². The molecule has 0 heterocycles. The highest BCUT2D eigenvalue weighted by atomic mass is 19.4. The second-order valence-electron chi connectivity index (χ2n) is 5.04. The number of hydrogen-bond acceptors (Lipinski definition) is 3. The molecule has 1 aliphatic rings. The molecule has 1 aliphatic carbocycles. The molecule has 0 radical (unpaired) electrons. The van der Waals surface area contributed by atoms with E-state index in [0.29, 0.717) is 12.8 Å². The van der Waals surface area contributed by atoms with Crippen LogP contribution in [-0.2, 0) is 14.4 Å². The Morgan fingerprint density at radius 2 is 1.71 bits per heavy atom. The highest BCUT2D eigenvalue weighted by molar-refractivity contribution is 5.87. The summed E-state index contributed by atoms with van der Waals surface area (Å²) in [6.45, 7) is 0. The van der Waals surface area contributed by atoms with Gasteiger partial charge in [-0.15, -0.1) is 0 Å². The third-order valence-corrected chi connectivity index (χ3v) is 3.52. The minimum Gasteiger partial charge on any atom is -0.481 e. The summed E-state index contributed by atoms with van der Waals surface area (Å²) in [7, 11) is 0. The molecule has 1 amide bonds. The number of amides is 1. The Bertz CT molecular complexity index is 424. The lowest BCUT2D eigenvalue weighted by Gasteiger charge is -2.32. The molecule has 6 nitrogen and oxygen atoms in total. The summed E-state index contributed by atoms with van der Waals surface area (Å²) in [5.41, 5.74) is 0. The number of carbonyl (C=O) groups excluding carboxylic acids is 1. The Morgan fingerprint density at radius 1 is 1.14 bits per heavy atom. The first-order valence-electron chi connectivity index (χ1n) is 6.44. The number of halogens is 3. The van der Waals surface area contributed by atoms with E-state index >= 15 is 0 Å². The van der Waals surface area contributed by atoms with Gasteiger partial charge in [-0.25, -0.2) is 4.79 Å². The molecule has 3 N–H and O–H groups in total. The van der Waals surface area contributed by atoms with Crippen LogP contribution in [0.5, 0.6) is 0 Å². The van der Waals surface area contributed by atoms with Gasteiger partial charge in [-0.05, 0) is 12.8 Å². The van der Waals surface area contributed by atoms with Crippen molar-refractivity contribution in [2.75, 3.05) is 0 Å². The fourth-order valence-corrected chi connectivity index (χ4v) is 2.49. The Balaban J connectivity index is 2.79. The molecule has 0 aromatic carbocycles. The van der Waals surface area contributed by atoms with Crippen LogP contribution in [0.3, 0.4) is 0 Å². The van der Waals surface area contributed by atoms with Gasteiger partial charge in [0.05, 0.1) is 12.3 Å². The maximum absolute atomic E-state index is 12.9. The van der Waals surface area contributed by atoms with Gasteiger partial charge in [0.1, 0.15) is 6.04 Å². The average Bonchev–Trinajstić information content (AvgIpc) is 2.36. The zero-order valence-electron chi connectivity index (χ0n) is 11.0. The highest BCUT2D eigenvalue weighted by Gasteiger charge is 2.48. The van der Waals surface area contributed by atoms with Crippen molar-refractivity contribution in [3.8, 4) is 0 Å². The summed E-state index contributed by atoms with van der Waals surface area (Å²) in [6.07, 6.45) is -4.79. The van der Waals surface area contributed by atoms with Gasteiger partial charge in [0, 0.05) is 5.92 Å². The van der Waals surface area contributed by atoms with Crippen molar-refractivity contribution in [1.29, 1.82) is 0 Å². The number of carboxylic acids is 2. The highest BCUT2D eigenvalue weighted by Crippen LogP contribution is 2.41. The van der Waals surface area contributed by atoms with Crippen LogP contribution in [0.15, 0.2) is 0 Å². The van der Waals surface area contributed by atoms with E-state index in [1.807, 2.05) is 5.32 Å². The maximum Gasteiger partial charge on any atom is 0.392 e. The van der Waals surface area contributed by atoms with Crippen LogP contribution >= 0.6 is 0 Å². The number of nitrogens with one attached hydrogen (secondary N) is 1. The second kappa shape index (κ2) is 6.77. The molecule has 1 saturated carbocycles. The van der Waals surface area contributed by atoms with Crippen LogP contribution in [0.2, 0.25) is 0 Å². The SMILES string of the molecule is O=C(O)CC(NC(=O)C1CCCCC1C(F)(F)F)C(=O)O. The van der Waals surface area contributed by atoms with E-state index in [9.17, 15) is 27.6 Å². The zero-order valence-corrected chi connectivity index (χ0v) is 11.0. The van der Waals surface area contributed by atoms with Gasteiger partial charge in [0.25, 0.3) is 0 Å². The predicted molar refractivity (Wildman–Crippen MR) is 63.3 cm³/mol. The third kappa shape index (κ3) is 4.91. The first-order chi connectivity index (χ1) is 9.62. The first-order valence-corrected chi connectivity index (χ1v) is 6.44. The second-order valence-corrected chi connectivity index (χ2v) is 5.04. The monoisotopic (exact) mass is 311 g/mol. The molecule has 0 aromatic heterocycles. The molecule has 3 atom stereocenters. The fraction of sp³-hybridized carbons (Fsp3) is 0.750. The molecule has 1 rings (SSSR count). The average molecular weight is 311 g/mol. The number of rotatable bonds is 5. The van der Waals surface area contributed by atoms with Crippen molar-refractivity contribution in [2.45, 2.75) is 44.3 Å². The number of hydrogen-bond donors (Lipinski definition) is 3. The van der Waals surface area contributed by atoms with Crippen LogP contribution in [0.25, 0.3) is 0 Å². The van der Waals surface area contributed by atoms with Crippen molar-refractivity contribution in [3.63, 3.8) is 0 Å². The molecule has 0 aromatic rings. The molecule has 0 saturated heterocycles. The van der Waals surface area contributed by atoms with E-state index in [-0.39, 0.29) is 12.8 Å². The number of carbonyl (C=O) groups is 3. The summed E-state index contributed by atoms with van der Waals surface area (Å²) in [5.74, 6) is -7.28. The Morgan fingerprint density at radius 3 is 2.19 bits per heavy atom. The van der Waals surface area contributed by atoms with Crippen molar-refractivity contribution in [3.05, 3.63) is 0 Å². The van der Waals surface area contributed by atoms with Gasteiger partial charge in [0.2, 0.25) is 5.91 Å². The van der Waals surface area contributed by atoms with Crippen LogP contribution in [-0.4, -0.2) is 40.3 Å². The van der Waals surface area contributed by atoms with Crippen LogP contribution in [0, 0.1) is 11.8 Å². The van der Waals surface area contributed by atoms with Gasteiger partial charge in [0.15, 0.2) is 0 Å². The van der Waals surface area contributed by atoms with Crippen LogP contribution in [0.4, 0.5) is 13.2 Å². The molecule has 3 unspecified atom stereocenters. The minimum absolute atomic E-state index is 0.00935. The topological polar surface area (TPSA) is 104 Å². The first kappa shape index (κ1) is 17.3. The zero-order chi connectivity index (χ0) is 16.2. The number of carboxylic acid groups (broad SMARTS) is 2. The van der Waals surface area contributed by atoms with Crippen molar-refractivity contribution in [2.24, 2.45) is 11.8 Å². The molecule has 0 spiro atoms. The molecule has 0 bridgehead atoms. The minimum atomic E-state index is -4.53. The van der Waals surface area contributed by atoms with E-state index in [2.05, 4.69) is 0 Å². The fourth-order valence-electron chi connectivity index (χ4n) is 2.49. The smallest absolute Gasteiger partial charge is 0.392 e. The van der Waals surface area contributed by atoms with E-state index in [4.69, 9.17) is 10.2 Å². The standard InChI is InChI=1S/C12H16F3NO5/c13-12(14,15)7-4-2-1-3-6(7)10(19)16-8(11(20)21)5-9(17)18/h6-8H,1-5H2,(H,16,19)(H,17,18)(H,20,21). The van der Waals surface area contributed by atoms with Gasteiger partial charge in [-0.1, -0.05) is 12.8 Å². The van der Waals surface area contributed by atoms with E-state index in [1.165, 1.54) is 0 Å².